The predicted molar refractivity (Wildman–Crippen MR) is 146 cm³/mol. The molecule has 4 saturated carbocycles. The van der Waals surface area contributed by atoms with E-state index in [2.05, 4.69) is 34.1 Å². The monoisotopic (exact) mass is 619 g/mol. The Bertz CT molecular complexity index is 1490. The molecule has 0 amide bonds. The van der Waals surface area contributed by atoms with Crippen molar-refractivity contribution in [3.8, 4) is 0 Å². The molecule has 2 aromatic heterocycles. The van der Waals surface area contributed by atoms with E-state index >= 15 is 0 Å². The first-order valence-electron chi connectivity index (χ1n) is 13.4. The lowest BCUT2D eigenvalue weighted by Crippen LogP contribution is -2.61. The van der Waals surface area contributed by atoms with Gasteiger partial charge in [-0.2, -0.15) is 18.4 Å². The molecule has 40 heavy (non-hydrogen) atoms. The smallest absolute Gasteiger partial charge is 0.274 e. The number of hydrogen-bond acceptors (Lipinski definition) is 10. The second kappa shape index (κ2) is 9.31. The van der Waals surface area contributed by atoms with Crippen molar-refractivity contribution in [2.75, 3.05) is 17.0 Å². The molecule has 5 fully saturated rings. The van der Waals surface area contributed by atoms with Crippen molar-refractivity contribution in [2.24, 2.45) is 16.7 Å². The third-order valence-electron chi connectivity index (χ3n) is 9.14. The van der Waals surface area contributed by atoms with Crippen LogP contribution in [0.2, 0.25) is 5.28 Å². The van der Waals surface area contributed by atoms with E-state index in [0.29, 0.717) is 22.9 Å². The van der Waals surface area contributed by atoms with Gasteiger partial charge < -0.3 is 25.2 Å². The second-order valence-electron chi connectivity index (χ2n) is 13.3. The number of aromatic nitrogens is 4. The van der Waals surface area contributed by atoms with E-state index in [0.717, 1.165) is 19.3 Å². The fourth-order valence-electron chi connectivity index (χ4n) is 8.85. The molecule has 5 N–H and O–H groups in total. The average Bonchev–Trinajstić information content (AvgIpc) is 3.29. The number of imidazole rings is 1. The lowest BCUT2D eigenvalue weighted by Gasteiger charge is -2.65. The maximum atomic E-state index is 12.2. The highest BCUT2D eigenvalue weighted by Gasteiger charge is 2.60. The summed E-state index contributed by atoms with van der Waals surface area (Å²) in [5, 5.41) is 25.1. The van der Waals surface area contributed by atoms with E-state index in [1.54, 1.807) is 0 Å². The molecule has 2 aromatic rings. The molecule has 2 unspecified atom stereocenters. The number of fused-ring (bicyclic) bond motifs is 1. The van der Waals surface area contributed by atoms with Gasteiger partial charge in [-0.3, -0.25) is 13.7 Å². The number of hydrogen-bond donors (Lipinski definition) is 5. The molecule has 1 saturated heterocycles. The van der Waals surface area contributed by atoms with Crippen molar-refractivity contribution in [1.29, 1.82) is 0 Å². The zero-order chi connectivity index (χ0) is 28.9. The minimum atomic E-state index is -4.67. The molecule has 4 bridgehead atoms. The number of ether oxygens (including phenoxy) is 1. The summed E-state index contributed by atoms with van der Waals surface area (Å²) in [5.74, 6) is 1.15. The van der Waals surface area contributed by atoms with Gasteiger partial charge in [-0.1, -0.05) is 13.8 Å². The van der Waals surface area contributed by atoms with Crippen LogP contribution in [0, 0.1) is 16.7 Å². The van der Waals surface area contributed by atoms with Crippen molar-refractivity contribution < 1.29 is 37.4 Å². The van der Waals surface area contributed by atoms with Gasteiger partial charge in [0.25, 0.3) is 10.1 Å². The van der Waals surface area contributed by atoms with Crippen molar-refractivity contribution in [2.45, 2.75) is 88.9 Å². The normalized spacial score (nSPS) is 40.5. The van der Waals surface area contributed by atoms with Crippen molar-refractivity contribution >= 4 is 46.1 Å². The largest absolute Gasteiger partial charge is 0.388 e. The quantitative estimate of drug-likeness (QED) is 0.165. The molecule has 7 rings (SSSR count). The summed E-state index contributed by atoms with van der Waals surface area (Å²) in [5.41, 5.74) is -0.167. The molecule has 9 atom stereocenters. The van der Waals surface area contributed by atoms with Gasteiger partial charge in [-0.15, -0.1) is 0 Å². The fourth-order valence-corrected chi connectivity index (χ4v) is 12.2. The van der Waals surface area contributed by atoms with Crippen LogP contribution >= 0.6 is 19.0 Å². The molecule has 16 heteroatoms. The maximum absolute atomic E-state index is 12.2. The van der Waals surface area contributed by atoms with Gasteiger partial charge in [-0.25, -0.2) is 4.98 Å². The molecule has 0 aromatic carbocycles. The van der Waals surface area contributed by atoms with Crippen molar-refractivity contribution in [1.82, 2.24) is 19.5 Å². The molecule has 3 heterocycles. The molecule has 4 aliphatic carbocycles. The highest BCUT2D eigenvalue weighted by molar-refractivity contribution is 7.93. The Morgan fingerprint density at radius 3 is 2.45 bits per heavy atom. The summed E-state index contributed by atoms with van der Waals surface area (Å²) < 4.78 is 50.5. The average molecular weight is 620 g/mol. The number of nitrogens with one attached hydrogen (secondary N) is 1. The number of halogens is 1. The van der Waals surface area contributed by atoms with Gasteiger partial charge in [-0.05, 0) is 73.3 Å². The van der Waals surface area contributed by atoms with E-state index in [1.807, 2.05) is 0 Å². The molecule has 13 nitrogen and oxygen atoms in total. The molecular weight excluding hydrogens is 585 g/mol. The first-order valence-corrected chi connectivity index (χ1v) is 17.4. The summed E-state index contributed by atoms with van der Waals surface area (Å²) >= 11 is 6.36. The number of rotatable bonds is 8. The lowest BCUT2D eigenvalue weighted by molar-refractivity contribution is -0.0973. The lowest BCUT2D eigenvalue weighted by atomic mass is 9.43. The summed E-state index contributed by atoms with van der Waals surface area (Å²) in [6, 6.07) is 0. The van der Waals surface area contributed by atoms with Crippen LogP contribution in [0.15, 0.2) is 6.33 Å². The maximum Gasteiger partial charge on any atom is 0.274 e. The van der Waals surface area contributed by atoms with Gasteiger partial charge in [0, 0.05) is 11.7 Å². The van der Waals surface area contributed by atoms with E-state index in [9.17, 15) is 28.1 Å². The Morgan fingerprint density at radius 2 is 1.82 bits per heavy atom. The Kier molecular flexibility index (Phi) is 6.68. The summed E-state index contributed by atoms with van der Waals surface area (Å²) in [6.07, 6.45) is 2.36. The summed E-state index contributed by atoms with van der Waals surface area (Å²) in [4.78, 5) is 23.3. The molecule has 1 aliphatic heterocycles. The van der Waals surface area contributed by atoms with Crippen LogP contribution in [0.1, 0.15) is 65.0 Å². The Morgan fingerprint density at radius 1 is 1.15 bits per heavy atom. The number of aliphatic hydroxyl groups excluding tert-OH is 2. The zero-order valence-corrected chi connectivity index (χ0v) is 24.7. The van der Waals surface area contributed by atoms with Gasteiger partial charge in [0.05, 0.1) is 12.4 Å². The minimum absolute atomic E-state index is 0.0186. The number of anilines is 1. The van der Waals surface area contributed by atoms with Crippen molar-refractivity contribution in [3.63, 3.8) is 0 Å². The van der Waals surface area contributed by atoms with Crippen LogP contribution in [-0.4, -0.2) is 83.1 Å². The van der Waals surface area contributed by atoms with Crippen LogP contribution in [-0.2, 0) is 19.4 Å². The molecule has 0 radical (unpaired) electrons. The van der Waals surface area contributed by atoms with Crippen LogP contribution in [0.4, 0.5) is 5.82 Å². The Hall–Kier alpha value is -1.38. The summed E-state index contributed by atoms with van der Waals surface area (Å²) in [6.45, 7) is 4.75. The van der Waals surface area contributed by atoms with Crippen LogP contribution < -0.4 is 5.32 Å². The second-order valence-corrected chi connectivity index (χ2v) is 18.0. The molecule has 0 spiro atoms. The third kappa shape index (κ3) is 5.30. The van der Waals surface area contributed by atoms with Gasteiger partial charge in [0.2, 0.25) is 12.7 Å². The summed E-state index contributed by atoms with van der Waals surface area (Å²) in [7, 11) is -8.93. The van der Waals surface area contributed by atoms with Gasteiger partial charge >= 0.3 is 0 Å². The number of aliphatic hydroxyl groups is 2. The SMILES string of the molecule is C[C@]12C[C@@H]3C[C@](C)(C1)C[C@@](Nc1nc(Cl)nc4c1ncn4[C@@H]1O[C@H](CCP(=O)(O)CS(=O)(=O)O)[C@H](O)C1O)(C3)C2. The minimum Gasteiger partial charge on any atom is -0.388 e. The van der Waals surface area contributed by atoms with Gasteiger partial charge in [0.1, 0.15) is 12.2 Å². The topological polar surface area (TPSA) is 197 Å². The standard InChI is InChI=1S/C24H35ClN5O8PS/c1-22-5-13-6-23(2,8-22)10-24(7-13,9-22)29-18-15-19(28-21(25)27-18)30(11-26-15)20-17(32)16(31)14(38-20)3-4-39(33,34)12-40(35,36)37/h11,13-14,16-17,20,31-32H,3-10,12H2,1-2H3,(H,33,34)(H,27,28,29)(H,35,36,37)/t13-,14-,16+,17?,20-,22+,23-,24-/m1/s1. The van der Waals surface area contributed by atoms with Crippen LogP contribution in [0.25, 0.3) is 11.2 Å². The Balaban J connectivity index is 1.25. The first-order chi connectivity index (χ1) is 18.5. The van der Waals surface area contributed by atoms with Gasteiger partial charge in [0.15, 0.2) is 28.7 Å². The fraction of sp³-hybridized carbons (Fsp3) is 0.792. The van der Waals surface area contributed by atoms with Crippen LogP contribution in [0.5, 0.6) is 0 Å². The highest BCUT2D eigenvalue weighted by atomic mass is 35.5. The first kappa shape index (κ1) is 28.7. The van der Waals surface area contributed by atoms with E-state index < -0.39 is 53.7 Å². The van der Waals surface area contributed by atoms with Crippen molar-refractivity contribution in [3.05, 3.63) is 11.6 Å². The van der Waals surface area contributed by atoms with E-state index in [-0.39, 0.29) is 28.1 Å². The Labute approximate surface area is 236 Å². The third-order valence-corrected chi connectivity index (χ3v) is 13.2. The molecule has 222 valence electrons. The molecule has 5 aliphatic rings. The predicted octanol–water partition coefficient (Wildman–Crippen LogP) is 2.77. The zero-order valence-electron chi connectivity index (χ0n) is 22.3. The van der Waals surface area contributed by atoms with E-state index in [4.69, 9.17) is 20.9 Å². The van der Waals surface area contributed by atoms with E-state index in [1.165, 1.54) is 30.2 Å². The molecular formula is C24H35ClN5O8PS. The number of nitrogens with zero attached hydrogens (tertiary/aromatic N) is 4. The highest BCUT2D eigenvalue weighted by Crippen LogP contribution is 2.67. The van der Waals surface area contributed by atoms with Crippen LogP contribution in [0.3, 0.4) is 0 Å².